The van der Waals surface area contributed by atoms with Crippen LogP contribution in [-0.2, 0) is 16.1 Å². The van der Waals surface area contributed by atoms with Crippen molar-refractivity contribution in [1.82, 2.24) is 4.90 Å². The zero-order chi connectivity index (χ0) is 14.4. The maximum absolute atomic E-state index is 12.3. The first-order chi connectivity index (χ1) is 10.2. The molecule has 2 saturated carbocycles. The topological polar surface area (TPSA) is 37.4 Å². The Labute approximate surface area is 125 Å². The van der Waals surface area contributed by atoms with E-state index in [1.165, 1.54) is 5.56 Å². The molecular weight excluding hydrogens is 262 g/mol. The molecule has 3 nitrogen and oxygen atoms in total. The minimum Gasteiger partial charge on any atom is -0.303 e. The van der Waals surface area contributed by atoms with Gasteiger partial charge in [-0.15, -0.1) is 0 Å². The summed E-state index contributed by atoms with van der Waals surface area (Å²) in [5.74, 6) is 0.769. The number of hydrogen-bond donors (Lipinski definition) is 0. The Kier molecular flexibility index (Phi) is 3.00. The maximum Gasteiger partial charge on any atom is 0.137 e. The van der Waals surface area contributed by atoms with Gasteiger partial charge in [0.1, 0.15) is 12.1 Å². The van der Waals surface area contributed by atoms with Gasteiger partial charge in [0.15, 0.2) is 0 Å². The Balaban J connectivity index is 1.64. The van der Waals surface area contributed by atoms with Gasteiger partial charge in [0, 0.05) is 31.5 Å². The van der Waals surface area contributed by atoms with Crippen molar-refractivity contribution < 1.29 is 9.59 Å². The highest BCUT2D eigenvalue weighted by Gasteiger charge is 2.62. The Bertz CT molecular complexity index is 570. The number of carbonyl (C=O) groups excluding carboxylic acids is 2. The molecule has 4 atom stereocenters. The lowest BCUT2D eigenvalue weighted by Crippen LogP contribution is -2.39. The highest BCUT2D eigenvalue weighted by atomic mass is 16.1. The zero-order valence-electron chi connectivity index (χ0n) is 12.2. The molecule has 1 saturated heterocycles. The molecule has 0 N–H and O–H groups in total. The Morgan fingerprint density at radius 2 is 2.05 bits per heavy atom. The van der Waals surface area contributed by atoms with Crippen LogP contribution in [-0.4, -0.2) is 29.6 Å². The van der Waals surface area contributed by atoms with E-state index in [2.05, 4.69) is 29.2 Å². The lowest BCUT2D eigenvalue weighted by atomic mass is 9.71. The van der Waals surface area contributed by atoms with E-state index in [0.717, 1.165) is 38.6 Å². The zero-order valence-corrected chi connectivity index (χ0v) is 12.2. The lowest BCUT2D eigenvalue weighted by Gasteiger charge is -2.35. The number of ketones is 1. The molecule has 3 fully saturated rings. The normalized spacial score (nSPS) is 38.5. The van der Waals surface area contributed by atoms with Crippen LogP contribution in [0.15, 0.2) is 30.3 Å². The molecule has 2 aliphatic carbocycles. The Hall–Kier alpha value is -1.48. The summed E-state index contributed by atoms with van der Waals surface area (Å²) in [5.41, 5.74) is 0.911. The van der Waals surface area contributed by atoms with E-state index in [0.29, 0.717) is 18.2 Å². The number of aldehydes is 1. The number of carbonyl (C=O) groups is 2. The van der Waals surface area contributed by atoms with Crippen molar-refractivity contribution in [2.75, 3.05) is 6.54 Å². The van der Waals surface area contributed by atoms with E-state index in [9.17, 15) is 9.59 Å². The highest BCUT2D eigenvalue weighted by Crippen LogP contribution is 2.56. The molecule has 0 radical (unpaired) electrons. The molecule has 0 amide bonds. The number of likely N-dealkylation sites (tertiary alicyclic amines) is 1. The van der Waals surface area contributed by atoms with Gasteiger partial charge >= 0.3 is 0 Å². The quantitative estimate of drug-likeness (QED) is 0.800. The third-order valence-electron chi connectivity index (χ3n) is 5.87. The van der Waals surface area contributed by atoms with Crippen LogP contribution < -0.4 is 0 Å². The van der Waals surface area contributed by atoms with E-state index in [4.69, 9.17) is 0 Å². The lowest BCUT2D eigenvalue weighted by molar-refractivity contribution is -0.124. The number of rotatable bonds is 3. The number of benzene rings is 1. The third-order valence-corrected chi connectivity index (χ3v) is 5.87. The van der Waals surface area contributed by atoms with Crippen LogP contribution in [0.25, 0.3) is 0 Å². The van der Waals surface area contributed by atoms with Crippen molar-refractivity contribution in [3.05, 3.63) is 35.9 Å². The maximum atomic E-state index is 12.3. The molecule has 21 heavy (non-hydrogen) atoms. The minimum absolute atomic E-state index is 0.148. The second-order valence-corrected chi connectivity index (χ2v) is 7.02. The van der Waals surface area contributed by atoms with Gasteiger partial charge in [0.25, 0.3) is 0 Å². The number of nitrogens with zero attached hydrogens (tertiary/aromatic N) is 1. The van der Waals surface area contributed by atoms with Crippen LogP contribution in [0, 0.1) is 17.3 Å². The van der Waals surface area contributed by atoms with Crippen molar-refractivity contribution >= 4 is 12.1 Å². The van der Waals surface area contributed by atoms with Crippen LogP contribution in [0.3, 0.4) is 0 Å². The highest BCUT2D eigenvalue weighted by molar-refractivity contribution is 5.90. The standard InChI is InChI=1S/C18H21NO2/c20-12-18-9-16(21)14-7-4-8-15(17(14)18)19(11-18)10-13-5-2-1-3-6-13/h1-3,5-6,12,14-15,17H,4,7-11H2/t14-,15-,17+,18-/m0/s1. The molecule has 3 aliphatic rings. The van der Waals surface area contributed by atoms with Gasteiger partial charge in [-0.2, -0.15) is 0 Å². The van der Waals surface area contributed by atoms with Crippen molar-refractivity contribution in [1.29, 1.82) is 0 Å². The summed E-state index contributed by atoms with van der Waals surface area (Å²) in [6.07, 6.45) is 4.84. The summed E-state index contributed by atoms with van der Waals surface area (Å²) in [6.45, 7) is 1.67. The molecule has 0 spiro atoms. The molecule has 0 aromatic heterocycles. The minimum atomic E-state index is -0.387. The predicted molar refractivity (Wildman–Crippen MR) is 79.6 cm³/mol. The van der Waals surface area contributed by atoms with Crippen molar-refractivity contribution in [2.45, 2.75) is 38.3 Å². The van der Waals surface area contributed by atoms with Crippen LogP contribution in [0.5, 0.6) is 0 Å². The first-order valence-corrected chi connectivity index (χ1v) is 8.00. The average molecular weight is 283 g/mol. The van der Waals surface area contributed by atoms with Gasteiger partial charge in [-0.1, -0.05) is 36.8 Å². The first kappa shape index (κ1) is 13.2. The molecule has 3 heteroatoms. The SMILES string of the molecule is O=C[C@@]12CC(=O)[C@@H]3CCC[C@@H]([C@@H]31)N(Cc1ccccc1)C2. The molecule has 1 aliphatic heterocycles. The second kappa shape index (κ2) is 4.77. The summed E-state index contributed by atoms with van der Waals surface area (Å²) in [5, 5.41) is 0. The van der Waals surface area contributed by atoms with Crippen LogP contribution in [0.4, 0.5) is 0 Å². The number of hydrogen-bond acceptors (Lipinski definition) is 3. The molecular formula is C18H21NO2. The number of Topliss-reactive ketones (excluding diaryl/α,β-unsaturated/α-hetero) is 1. The third kappa shape index (κ3) is 1.90. The van der Waals surface area contributed by atoms with E-state index in [1.807, 2.05) is 6.07 Å². The van der Waals surface area contributed by atoms with Gasteiger partial charge in [-0.25, -0.2) is 0 Å². The predicted octanol–water partition coefficient (Wildman–Crippen LogP) is 2.45. The van der Waals surface area contributed by atoms with E-state index in [-0.39, 0.29) is 17.3 Å². The van der Waals surface area contributed by atoms with E-state index in [1.54, 1.807) is 0 Å². The van der Waals surface area contributed by atoms with Crippen molar-refractivity contribution in [3.8, 4) is 0 Å². The monoisotopic (exact) mass is 283 g/mol. The molecule has 1 heterocycles. The summed E-state index contributed by atoms with van der Waals surface area (Å²) in [4.78, 5) is 26.5. The van der Waals surface area contributed by atoms with Crippen LogP contribution in [0.2, 0.25) is 0 Å². The fraction of sp³-hybridized carbons (Fsp3) is 0.556. The Morgan fingerprint density at radius 1 is 1.24 bits per heavy atom. The van der Waals surface area contributed by atoms with Gasteiger partial charge in [-0.3, -0.25) is 9.69 Å². The van der Waals surface area contributed by atoms with Crippen molar-refractivity contribution in [2.24, 2.45) is 17.3 Å². The largest absolute Gasteiger partial charge is 0.303 e. The molecule has 1 aromatic rings. The summed E-state index contributed by atoms with van der Waals surface area (Å²) < 4.78 is 0. The smallest absolute Gasteiger partial charge is 0.137 e. The van der Waals surface area contributed by atoms with Gasteiger partial charge < -0.3 is 4.79 Å². The fourth-order valence-corrected chi connectivity index (χ4v) is 5.11. The first-order valence-electron chi connectivity index (χ1n) is 8.00. The molecule has 0 unspecified atom stereocenters. The molecule has 4 rings (SSSR count). The average Bonchev–Trinajstić information content (AvgIpc) is 2.98. The summed E-state index contributed by atoms with van der Waals surface area (Å²) in [7, 11) is 0. The molecule has 1 aromatic carbocycles. The fourth-order valence-electron chi connectivity index (χ4n) is 5.11. The molecule has 110 valence electrons. The van der Waals surface area contributed by atoms with E-state index >= 15 is 0 Å². The van der Waals surface area contributed by atoms with Gasteiger partial charge in [-0.05, 0) is 24.3 Å². The van der Waals surface area contributed by atoms with E-state index < -0.39 is 0 Å². The summed E-state index contributed by atoms with van der Waals surface area (Å²) >= 11 is 0. The van der Waals surface area contributed by atoms with Gasteiger partial charge in [0.2, 0.25) is 0 Å². The van der Waals surface area contributed by atoms with Crippen LogP contribution in [0.1, 0.15) is 31.2 Å². The van der Waals surface area contributed by atoms with Crippen molar-refractivity contribution in [3.63, 3.8) is 0 Å². The van der Waals surface area contributed by atoms with Gasteiger partial charge in [0.05, 0.1) is 5.41 Å². The second-order valence-electron chi connectivity index (χ2n) is 7.02. The molecule has 0 bridgehead atoms. The Morgan fingerprint density at radius 3 is 2.81 bits per heavy atom. The van der Waals surface area contributed by atoms with Crippen LogP contribution >= 0.6 is 0 Å². The summed E-state index contributed by atoms with van der Waals surface area (Å²) in [6, 6.07) is 10.9.